The van der Waals surface area contributed by atoms with E-state index < -0.39 is 6.10 Å². The molecule has 38 heavy (non-hydrogen) atoms. The molecule has 7 nitrogen and oxygen atoms in total. The van der Waals surface area contributed by atoms with Gasteiger partial charge >= 0.3 is 5.97 Å². The number of hydrogen-bond donors (Lipinski definition) is 0. The monoisotopic (exact) mass is 524 g/mol. The van der Waals surface area contributed by atoms with Crippen molar-refractivity contribution in [2.24, 2.45) is 0 Å². The third-order valence-electron chi connectivity index (χ3n) is 7.42. The van der Waals surface area contributed by atoms with Crippen LogP contribution in [0.1, 0.15) is 86.3 Å². The van der Waals surface area contributed by atoms with E-state index in [1.165, 1.54) is 7.11 Å². The number of rotatable bonds is 11. The fourth-order valence-electron chi connectivity index (χ4n) is 5.58. The number of ether oxygens (including phenoxy) is 5. The molecule has 0 amide bonds. The molecule has 3 atom stereocenters. The van der Waals surface area contributed by atoms with Crippen LogP contribution in [0.3, 0.4) is 0 Å². The zero-order chi connectivity index (χ0) is 27.2. The van der Waals surface area contributed by atoms with Crippen LogP contribution in [0.5, 0.6) is 23.0 Å². The molecule has 0 radical (unpaired) electrons. The Hall–Kier alpha value is -3.22. The summed E-state index contributed by atoms with van der Waals surface area (Å²) in [4.78, 5) is 24.3. The van der Waals surface area contributed by atoms with Crippen LogP contribution in [-0.4, -0.2) is 44.3 Å². The minimum Gasteiger partial charge on any atom is -0.496 e. The minimum atomic E-state index is -0.577. The van der Waals surface area contributed by atoms with Crippen LogP contribution in [0.15, 0.2) is 24.3 Å². The van der Waals surface area contributed by atoms with Gasteiger partial charge in [0.25, 0.3) is 0 Å². The zero-order valence-electron chi connectivity index (χ0n) is 23.3. The topological polar surface area (TPSA) is 80.3 Å². The second kappa shape index (κ2) is 12.5. The molecule has 0 saturated heterocycles. The lowest BCUT2D eigenvalue weighted by Crippen LogP contribution is -2.32. The van der Waals surface area contributed by atoms with E-state index in [1.54, 1.807) is 20.1 Å². The molecule has 0 spiro atoms. The van der Waals surface area contributed by atoms with Gasteiger partial charge in [0, 0.05) is 17.5 Å². The van der Waals surface area contributed by atoms with Crippen molar-refractivity contribution < 1.29 is 33.3 Å². The minimum absolute atomic E-state index is 0.00991. The molecule has 2 aliphatic rings. The van der Waals surface area contributed by atoms with E-state index in [4.69, 9.17) is 23.7 Å². The second-order valence-corrected chi connectivity index (χ2v) is 10.2. The molecule has 2 aromatic rings. The smallest absolute Gasteiger partial charge is 0.347 e. The van der Waals surface area contributed by atoms with E-state index >= 15 is 0 Å². The predicted molar refractivity (Wildman–Crippen MR) is 145 cm³/mol. The highest BCUT2D eigenvalue weighted by molar-refractivity contribution is 5.97. The van der Waals surface area contributed by atoms with Crippen LogP contribution in [0.4, 0.5) is 0 Å². The maximum absolute atomic E-state index is 12.1. The molecule has 206 valence electrons. The van der Waals surface area contributed by atoms with Gasteiger partial charge in [0.15, 0.2) is 11.9 Å². The van der Waals surface area contributed by atoms with Gasteiger partial charge in [-0.05, 0) is 69.2 Å². The highest BCUT2D eigenvalue weighted by Gasteiger charge is 2.32. The van der Waals surface area contributed by atoms with Crippen LogP contribution < -0.4 is 18.9 Å². The number of ketones is 1. The van der Waals surface area contributed by atoms with E-state index in [1.807, 2.05) is 12.1 Å². The zero-order valence-corrected chi connectivity index (χ0v) is 23.3. The molecule has 2 aromatic carbocycles. The van der Waals surface area contributed by atoms with E-state index in [-0.39, 0.29) is 24.0 Å². The average Bonchev–Trinajstić information content (AvgIpc) is 3.36. The van der Waals surface area contributed by atoms with Crippen molar-refractivity contribution in [1.82, 2.24) is 0 Å². The highest BCUT2D eigenvalue weighted by atomic mass is 16.6. The number of methoxy groups -OCH3 is 2. The first kappa shape index (κ1) is 27.8. The highest BCUT2D eigenvalue weighted by Crippen LogP contribution is 2.41. The summed E-state index contributed by atoms with van der Waals surface area (Å²) < 4.78 is 29.7. The molecule has 0 aromatic heterocycles. The van der Waals surface area contributed by atoms with Crippen molar-refractivity contribution in [3.05, 3.63) is 46.5 Å². The lowest BCUT2D eigenvalue weighted by molar-refractivity contribution is -0.149. The molecule has 1 saturated carbocycles. The van der Waals surface area contributed by atoms with Gasteiger partial charge in [-0.3, -0.25) is 4.79 Å². The first-order chi connectivity index (χ1) is 18.4. The van der Waals surface area contributed by atoms with Crippen LogP contribution in [0.25, 0.3) is 0 Å². The summed E-state index contributed by atoms with van der Waals surface area (Å²) in [7, 11) is 3.00. The number of fused-ring (bicyclic) bond motifs is 1. The summed E-state index contributed by atoms with van der Waals surface area (Å²) in [5.41, 5.74) is 3.67. The van der Waals surface area contributed by atoms with Crippen molar-refractivity contribution >= 4 is 11.8 Å². The van der Waals surface area contributed by atoms with Crippen LogP contribution in [0, 0.1) is 0 Å². The molecule has 0 N–H and O–H groups in total. The molecule has 4 rings (SSSR count). The first-order valence-corrected chi connectivity index (χ1v) is 13.8. The van der Waals surface area contributed by atoms with Gasteiger partial charge in [-0.1, -0.05) is 32.8 Å². The van der Waals surface area contributed by atoms with Crippen molar-refractivity contribution in [3.63, 3.8) is 0 Å². The Balaban J connectivity index is 1.50. The van der Waals surface area contributed by atoms with E-state index in [0.717, 1.165) is 85.3 Å². The summed E-state index contributed by atoms with van der Waals surface area (Å²) in [5, 5.41) is 0. The van der Waals surface area contributed by atoms with Gasteiger partial charge < -0.3 is 23.7 Å². The predicted octanol–water partition coefficient (Wildman–Crippen LogP) is 6.05. The summed E-state index contributed by atoms with van der Waals surface area (Å²) in [6.07, 6.45) is 6.79. The van der Waals surface area contributed by atoms with Crippen LogP contribution >= 0.6 is 0 Å². The molecule has 1 fully saturated rings. The first-order valence-electron chi connectivity index (χ1n) is 13.8. The van der Waals surface area contributed by atoms with Gasteiger partial charge in [-0.2, -0.15) is 0 Å². The number of benzene rings is 2. The fraction of sp³-hybridized carbons (Fsp3) is 0.548. The Morgan fingerprint density at radius 2 is 1.53 bits per heavy atom. The summed E-state index contributed by atoms with van der Waals surface area (Å²) >= 11 is 0. The molecule has 7 heteroatoms. The second-order valence-electron chi connectivity index (χ2n) is 10.2. The molecule has 1 aliphatic heterocycles. The van der Waals surface area contributed by atoms with Gasteiger partial charge in [0.2, 0.25) is 0 Å². The molecule has 0 bridgehead atoms. The third kappa shape index (κ3) is 5.92. The van der Waals surface area contributed by atoms with Crippen LogP contribution in [-0.2, 0) is 28.8 Å². The van der Waals surface area contributed by atoms with Crippen molar-refractivity contribution in [1.29, 1.82) is 0 Å². The van der Waals surface area contributed by atoms with Crippen molar-refractivity contribution in [3.8, 4) is 23.0 Å². The quantitative estimate of drug-likeness (QED) is 0.262. The Kier molecular flexibility index (Phi) is 9.18. The Morgan fingerprint density at radius 1 is 0.895 bits per heavy atom. The van der Waals surface area contributed by atoms with E-state index in [9.17, 15) is 9.59 Å². The summed E-state index contributed by atoms with van der Waals surface area (Å²) in [5.74, 6) is 2.64. The lowest BCUT2D eigenvalue weighted by atomic mass is 9.96. The average molecular weight is 525 g/mol. The molecular formula is C31H40O7. The number of carbonyl (C=O) groups is 2. The number of aryl methyl sites for hydroxylation is 1. The van der Waals surface area contributed by atoms with Crippen molar-refractivity contribution in [2.45, 2.75) is 96.9 Å². The summed E-state index contributed by atoms with van der Waals surface area (Å²) in [6, 6.07) is 7.80. The molecular weight excluding hydrogens is 484 g/mol. The molecule has 3 unspecified atom stereocenters. The Labute approximate surface area is 225 Å². The number of Topliss-reactive ketones (excluding diaryl/α,β-unsaturated/α-hetero) is 1. The van der Waals surface area contributed by atoms with Gasteiger partial charge in [0.1, 0.15) is 35.2 Å². The lowest BCUT2D eigenvalue weighted by Gasteiger charge is -2.28. The number of hydrogen-bond acceptors (Lipinski definition) is 7. The summed E-state index contributed by atoms with van der Waals surface area (Å²) in [6.45, 7) is 5.79. The third-order valence-corrected chi connectivity index (χ3v) is 7.42. The maximum Gasteiger partial charge on any atom is 0.347 e. The Bertz CT molecular complexity index is 1160. The van der Waals surface area contributed by atoms with Gasteiger partial charge in [-0.15, -0.1) is 0 Å². The van der Waals surface area contributed by atoms with Gasteiger partial charge in [-0.25, -0.2) is 4.79 Å². The van der Waals surface area contributed by atoms with Crippen molar-refractivity contribution in [2.75, 3.05) is 14.2 Å². The molecule has 1 heterocycles. The number of carbonyl (C=O) groups excluding carboxylic acids is 2. The SMILES string of the molecule is CCCc1c(OC2CCC(Oc3ccc(C(C)=O)c(OC)c3CCC)C2)ccc2c1OC(C(=O)OC)CC2. The fourth-order valence-corrected chi connectivity index (χ4v) is 5.58. The standard InChI is InChI=1S/C31H40O7/c1-6-8-24-26(15-10-20-11-16-28(31(33)35-5)38-29(20)24)36-21-12-13-22(18-21)37-27-17-14-23(19(3)32)30(34-4)25(27)9-7-2/h10,14-15,17,21-22,28H,6-9,11-13,16,18H2,1-5H3. The number of esters is 1. The van der Waals surface area contributed by atoms with Gasteiger partial charge in [0.05, 0.1) is 19.8 Å². The normalized spacial score (nSPS) is 20.3. The van der Waals surface area contributed by atoms with E-state index in [0.29, 0.717) is 17.7 Å². The van der Waals surface area contributed by atoms with E-state index in [2.05, 4.69) is 19.9 Å². The van der Waals surface area contributed by atoms with Crippen LogP contribution in [0.2, 0.25) is 0 Å². The maximum atomic E-state index is 12.1. The largest absolute Gasteiger partial charge is 0.496 e. The Morgan fingerprint density at radius 3 is 2.13 bits per heavy atom. The molecule has 1 aliphatic carbocycles.